The van der Waals surface area contributed by atoms with Crippen molar-refractivity contribution in [3.05, 3.63) is 189 Å². The van der Waals surface area contributed by atoms with Gasteiger partial charge in [0.1, 0.15) is 71.1 Å². The number of carboxylic acids is 1. The molecule has 3 fully saturated rings. The Kier molecular flexibility index (Phi) is 27.3. The number of carbonyl (C=O) groups is 5. The van der Waals surface area contributed by atoms with Crippen LogP contribution in [-0.2, 0) is 63.6 Å². The molecular weight excluding hydrogens is 1280 g/mol. The first-order valence-electron chi connectivity index (χ1n) is 33.2. The predicted molar refractivity (Wildman–Crippen MR) is 383 cm³/mol. The Morgan fingerprint density at radius 3 is 1.28 bits per heavy atom. The first kappa shape index (κ1) is 77.6. The maximum Gasteiger partial charge on any atom is 0.344 e. The summed E-state index contributed by atoms with van der Waals surface area (Å²) in [6.07, 6.45) is 5.85. The van der Waals surface area contributed by atoms with Gasteiger partial charge in [0.15, 0.2) is 19.8 Å². The molecule has 20 heteroatoms. The maximum absolute atomic E-state index is 12.4. The molecule has 0 radical (unpaired) electrons. The Morgan fingerprint density at radius 1 is 0.485 bits per heavy atom. The Morgan fingerprint density at radius 2 is 0.859 bits per heavy atom. The summed E-state index contributed by atoms with van der Waals surface area (Å²) in [6.45, 7) is 20.2. The molecule has 19 nitrogen and oxygen atoms in total. The Bertz CT molecular complexity index is 3850. The summed E-state index contributed by atoms with van der Waals surface area (Å²) in [5.74, 6) is 1.12. The quantitative estimate of drug-likeness (QED) is 0.0740. The number of carbonyl (C=O) groups excluding carboxylic acids is 4. The van der Waals surface area contributed by atoms with Crippen molar-refractivity contribution in [1.82, 2.24) is 14.7 Å². The number of rotatable bonds is 10. The fourth-order valence-corrected chi connectivity index (χ4v) is 12.8. The van der Waals surface area contributed by atoms with Crippen LogP contribution in [0.1, 0.15) is 151 Å². The topological polar surface area (TPSA) is 219 Å². The minimum atomic E-state index is -1.20. The number of nitrogens with zero attached hydrogens (tertiary/aromatic N) is 3. The SMILES string of the molecule is C.CC(=O)OC(C)=O.CN1CCC(=C2c3ccccc3COc3ccc(OCC(=O)O)cc32)CC1.CN1CCC(=C2c3ccccc3COc3ccc(OCC(=O)OC(C)(C)C)cc32)CC1.CN1CCC(C2(O)c3ccccc3COc3ccc(OCC(=O)OC(C)(C)C)cc32)CC1.Cl. The van der Waals surface area contributed by atoms with Crippen LogP contribution in [0.5, 0.6) is 34.5 Å². The average Bonchev–Trinajstić information content (AvgIpc) is 1.73. The molecule has 6 aliphatic rings. The standard InChI is InChI=1S/C26H33NO5.C26H31NO4.C22H23NO4.C4H6O3.CH4.ClH/c1-25(2,3)32-24(28)17-30-20-9-10-23-22(15-20)26(29,19-11-13-27(4)14-12-19)21-8-6-5-7-18(21)16-31-23;1-26(2,3)31-24(28)17-29-20-9-10-23-22(15-20)25(18-11-13-27(4)14-12-18)21-8-6-5-7-19(21)16-30-23;1-23-10-8-15(9-11-23)22-18-5-3-2-4-16(18)13-27-20-7-6-17(12-19(20)22)26-14-21(24)25;1-3(5)7-4(2)6;;/h5-10,15,19,29H,11-14,16-17H2,1-4H3;5-10,15H,11-14,16-17H2,1-4H3;2-7,12H,8-11,13-14H2,1H3,(H,24,25);1-2H3;1H4;1H. The second-order valence-electron chi connectivity index (χ2n) is 27.2. The van der Waals surface area contributed by atoms with Crippen LogP contribution in [0, 0.1) is 5.92 Å². The average molecular weight is 1380 g/mol. The van der Waals surface area contributed by atoms with Crippen molar-refractivity contribution < 1.29 is 76.8 Å². The van der Waals surface area contributed by atoms with E-state index in [1.165, 1.54) is 58.4 Å². The number of aliphatic carboxylic acids is 1. The number of ether oxygens (including phenoxy) is 9. The Balaban J connectivity index is 0.000000197. The molecule has 0 spiro atoms. The number of likely N-dealkylation sites (tertiary alicyclic amines) is 3. The van der Waals surface area contributed by atoms with Gasteiger partial charge < -0.3 is 67.5 Å². The summed E-state index contributed by atoms with van der Waals surface area (Å²) in [5, 5.41) is 21.3. The maximum atomic E-state index is 12.4. The highest BCUT2D eigenvalue weighted by atomic mass is 35.5. The number of carboxylic acid groups (broad SMARTS) is 1. The minimum absolute atomic E-state index is 0. The van der Waals surface area contributed by atoms with Gasteiger partial charge in [-0.25, -0.2) is 14.4 Å². The summed E-state index contributed by atoms with van der Waals surface area (Å²) < 4.78 is 50.0. The van der Waals surface area contributed by atoms with E-state index in [9.17, 15) is 29.1 Å². The first-order chi connectivity index (χ1) is 46.2. The molecule has 0 aromatic heterocycles. The van der Waals surface area contributed by atoms with Crippen LogP contribution >= 0.6 is 12.4 Å². The number of aliphatic hydroxyl groups is 1. The molecule has 6 aromatic rings. The molecule has 3 saturated heterocycles. The zero-order valence-corrected chi connectivity index (χ0v) is 59.1. The lowest BCUT2D eigenvalue weighted by Crippen LogP contribution is -2.43. The van der Waals surface area contributed by atoms with Gasteiger partial charge in [-0.05, 0) is 219 Å². The molecule has 1 atom stereocenters. The predicted octanol–water partition coefficient (Wildman–Crippen LogP) is 13.4. The summed E-state index contributed by atoms with van der Waals surface area (Å²) in [4.78, 5) is 61.7. The van der Waals surface area contributed by atoms with E-state index in [4.69, 9.17) is 43.0 Å². The molecule has 2 N–H and O–H groups in total. The highest BCUT2D eigenvalue weighted by molar-refractivity contribution is 5.89. The largest absolute Gasteiger partial charge is 0.488 e. The van der Waals surface area contributed by atoms with Gasteiger partial charge in [-0.2, -0.15) is 0 Å². The number of hydrogen-bond acceptors (Lipinski definition) is 18. The second kappa shape index (κ2) is 34.9. The van der Waals surface area contributed by atoms with E-state index in [0.717, 1.165) is 112 Å². The van der Waals surface area contributed by atoms with E-state index in [0.29, 0.717) is 48.4 Å². The second-order valence-corrected chi connectivity index (χ2v) is 27.2. The number of fused-ring (bicyclic) bond motifs is 6. The van der Waals surface area contributed by atoms with Crippen LogP contribution in [-0.4, -0.2) is 146 Å². The molecule has 0 bridgehead atoms. The number of benzene rings is 6. The van der Waals surface area contributed by atoms with Crippen molar-refractivity contribution in [1.29, 1.82) is 0 Å². The molecule has 0 amide bonds. The van der Waals surface area contributed by atoms with Crippen molar-refractivity contribution in [2.75, 3.05) is 80.2 Å². The van der Waals surface area contributed by atoms with Gasteiger partial charge in [0.2, 0.25) is 0 Å². The van der Waals surface area contributed by atoms with Crippen LogP contribution in [0.25, 0.3) is 11.1 Å². The van der Waals surface area contributed by atoms with Crippen molar-refractivity contribution in [2.24, 2.45) is 5.92 Å². The Labute approximate surface area is 589 Å². The van der Waals surface area contributed by atoms with Gasteiger partial charge in [-0.1, -0.05) is 91.4 Å². The highest BCUT2D eigenvalue weighted by Gasteiger charge is 2.46. The summed E-state index contributed by atoms with van der Waals surface area (Å²) in [7, 11) is 6.43. The summed E-state index contributed by atoms with van der Waals surface area (Å²) in [6, 6.07) is 41.6. The highest BCUT2D eigenvalue weighted by Crippen LogP contribution is 2.50. The van der Waals surface area contributed by atoms with E-state index >= 15 is 0 Å². The molecular formula is C79H98ClN3O16. The monoisotopic (exact) mass is 1380 g/mol. The van der Waals surface area contributed by atoms with Crippen LogP contribution in [0.3, 0.4) is 0 Å². The summed E-state index contributed by atoms with van der Waals surface area (Å²) in [5.41, 5.74) is 12.4. The minimum Gasteiger partial charge on any atom is -0.488 e. The molecule has 0 saturated carbocycles. The lowest BCUT2D eigenvalue weighted by Gasteiger charge is -2.41. The van der Waals surface area contributed by atoms with Crippen molar-refractivity contribution in [2.45, 2.75) is 138 Å². The Hall–Kier alpha value is -8.72. The van der Waals surface area contributed by atoms with Gasteiger partial charge >= 0.3 is 29.8 Å². The van der Waals surface area contributed by atoms with Crippen LogP contribution in [0.15, 0.2) is 139 Å². The van der Waals surface area contributed by atoms with Crippen molar-refractivity contribution >= 4 is 53.4 Å². The first-order valence-corrected chi connectivity index (χ1v) is 33.2. The van der Waals surface area contributed by atoms with Gasteiger partial charge in [0.05, 0.1) is 0 Å². The van der Waals surface area contributed by atoms with Crippen LogP contribution in [0.4, 0.5) is 0 Å². The third kappa shape index (κ3) is 21.2. The van der Waals surface area contributed by atoms with Crippen molar-refractivity contribution in [3.63, 3.8) is 0 Å². The molecule has 12 rings (SSSR count). The van der Waals surface area contributed by atoms with E-state index in [1.807, 2.05) is 114 Å². The third-order valence-corrected chi connectivity index (χ3v) is 17.4. The molecule has 0 aliphatic carbocycles. The number of halogens is 1. The van der Waals surface area contributed by atoms with Gasteiger partial charge in [0.25, 0.3) is 0 Å². The zero-order valence-electron chi connectivity index (χ0n) is 58.3. The third-order valence-electron chi connectivity index (χ3n) is 17.4. The molecule has 532 valence electrons. The van der Waals surface area contributed by atoms with Gasteiger partial charge in [-0.15, -0.1) is 12.4 Å². The van der Waals surface area contributed by atoms with Crippen molar-refractivity contribution in [3.8, 4) is 34.5 Å². The lowest BCUT2D eigenvalue weighted by molar-refractivity contribution is -0.158. The molecule has 6 heterocycles. The molecule has 6 aliphatic heterocycles. The normalized spacial score (nSPS) is 17.3. The van der Waals surface area contributed by atoms with Gasteiger partial charge in [0, 0.05) is 56.7 Å². The number of esters is 4. The van der Waals surface area contributed by atoms with E-state index in [1.54, 1.807) is 12.1 Å². The molecule has 1 unspecified atom stereocenters. The number of hydrogen-bond donors (Lipinski definition) is 2. The van der Waals surface area contributed by atoms with Gasteiger partial charge in [-0.3, -0.25) is 9.59 Å². The van der Waals surface area contributed by atoms with Crippen LogP contribution < -0.4 is 28.4 Å². The van der Waals surface area contributed by atoms with E-state index in [2.05, 4.69) is 83.0 Å². The summed E-state index contributed by atoms with van der Waals surface area (Å²) >= 11 is 0. The number of piperidine rings is 3. The van der Waals surface area contributed by atoms with Crippen LogP contribution in [0.2, 0.25) is 0 Å². The fourth-order valence-electron chi connectivity index (χ4n) is 12.8. The fraction of sp³-hybridized carbons (Fsp3) is 0.430. The molecule has 99 heavy (non-hydrogen) atoms. The lowest BCUT2D eigenvalue weighted by atomic mass is 9.71. The van der Waals surface area contributed by atoms with E-state index in [-0.39, 0.29) is 51.5 Å². The molecule has 6 aromatic carbocycles. The zero-order chi connectivity index (χ0) is 69.6. The van der Waals surface area contributed by atoms with E-state index < -0.39 is 40.7 Å². The smallest absolute Gasteiger partial charge is 0.344 e.